The smallest absolute Gasteiger partial charge is 0.260 e. The molecule has 0 aromatic rings. The average molecular weight is 438 g/mol. The second-order valence-corrected chi connectivity index (χ2v) is 9.59. The van der Waals surface area contributed by atoms with E-state index in [1.165, 1.54) is 0 Å². The maximum Gasteiger partial charge on any atom is 0.260 e. The molecule has 8 heteroatoms. The number of hydrogen-bond acceptors (Lipinski definition) is 5. The van der Waals surface area contributed by atoms with Gasteiger partial charge in [0.25, 0.3) is 5.91 Å². The van der Waals surface area contributed by atoms with Crippen LogP contribution < -0.4 is 10.7 Å². The Bertz CT molecular complexity index is 660. The lowest BCUT2D eigenvalue weighted by atomic mass is 9.96. The van der Waals surface area contributed by atoms with Gasteiger partial charge in [-0.1, -0.05) is 40.2 Å². The summed E-state index contributed by atoms with van der Waals surface area (Å²) in [5, 5.41) is 4.60. The van der Waals surface area contributed by atoms with Gasteiger partial charge in [0.15, 0.2) is 0 Å². The van der Waals surface area contributed by atoms with Crippen LogP contribution in [0.2, 0.25) is 0 Å². The van der Waals surface area contributed by atoms with Crippen LogP contribution in [0.3, 0.4) is 0 Å². The SMILES string of the molecule is CC(=C[C@H](C(C)C)N(C)C(=O)[C@@H](NC(=O)[C@H]1CCCCN1C)C(C)C)C(=O)NN(C)C. The molecular formula is C23H43N5O3. The van der Waals surface area contributed by atoms with Crippen molar-refractivity contribution in [2.75, 3.05) is 34.7 Å². The van der Waals surface area contributed by atoms with Gasteiger partial charge in [-0.25, -0.2) is 5.01 Å². The predicted molar refractivity (Wildman–Crippen MR) is 124 cm³/mol. The number of hydrazine groups is 1. The quantitative estimate of drug-likeness (QED) is 0.423. The summed E-state index contributed by atoms with van der Waals surface area (Å²) < 4.78 is 0. The van der Waals surface area contributed by atoms with Gasteiger partial charge >= 0.3 is 0 Å². The first-order chi connectivity index (χ1) is 14.4. The number of likely N-dealkylation sites (N-methyl/N-ethyl adjacent to an activating group) is 2. The standard InChI is InChI=1S/C23H43N5O3/c1-15(2)19(14-17(5)21(29)25-26(6)7)28(9)23(31)20(16(3)4)24-22(30)18-12-10-11-13-27(18)8/h14-16,18-20H,10-13H2,1-9H3,(H,24,30)(H,25,29)/t18-,19-,20+/m1/s1. The molecule has 0 aliphatic carbocycles. The lowest BCUT2D eigenvalue weighted by Crippen LogP contribution is -2.57. The minimum absolute atomic E-state index is 0.0530. The number of hydrogen-bond donors (Lipinski definition) is 2. The van der Waals surface area contributed by atoms with Crippen molar-refractivity contribution in [1.82, 2.24) is 25.6 Å². The van der Waals surface area contributed by atoms with E-state index in [2.05, 4.69) is 15.6 Å². The Morgan fingerprint density at radius 2 is 1.65 bits per heavy atom. The summed E-state index contributed by atoms with van der Waals surface area (Å²) in [7, 11) is 7.21. The molecule has 3 atom stereocenters. The molecule has 0 aromatic carbocycles. The highest BCUT2D eigenvalue weighted by Crippen LogP contribution is 2.19. The van der Waals surface area contributed by atoms with Crippen molar-refractivity contribution in [3.63, 3.8) is 0 Å². The number of nitrogens with one attached hydrogen (secondary N) is 2. The largest absolute Gasteiger partial charge is 0.343 e. The van der Waals surface area contributed by atoms with Gasteiger partial charge < -0.3 is 10.2 Å². The fourth-order valence-corrected chi connectivity index (χ4v) is 3.91. The molecule has 8 nitrogen and oxygen atoms in total. The van der Waals surface area contributed by atoms with Gasteiger partial charge in [0.05, 0.1) is 12.1 Å². The fourth-order valence-electron chi connectivity index (χ4n) is 3.91. The van der Waals surface area contributed by atoms with E-state index in [0.717, 1.165) is 25.8 Å². The molecule has 1 aliphatic heterocycles. The number of carbonyl (C=O) groups is 3. The van der Waals surface area contributed by atoms with Gasteiger partial charge in [-0.05, 0) is 45.2 Å². The van der Waals surface area contributed by atoms with Crippen molar-refractivity contribution >= 4 is 17.7 Å². The van der Waals surface area contributed by atoms with Crippen molar-refractivity contribution in [2.24, 2.45) is 11.8 Å². The van der Waals surface area contributed by atoms with Gasteiger partial charge in [-0.3, -0.25) is 24.7 Å². The van der Waals surface area contributed by atoms with E-state index in [-0.39, 0.29) is 41.6 Å². The number of likely N-dealkylation sites (tertiary alicyclic amines) is 1. The zero-order valence-corrected chi connectivity index (χ0v) is 20.9. The molecule has 0 radical (unpaired) electrons. The van der Waals surface area contributed by atoms with E-state index in [4.69, 9.17) is 0 Å². The first-order valence-electron chi connectivity index (χ1n) is 11.3. The number of nitrogens with zero attached hydrogens (tertiary/aromatic N) is 3. The van der Waals surface area contributed by atoms with Gasteiger partial charge in [-0.2, -0.15) is 0 Å². The Morgan fingerprint density at radius 3 is 2.13 bits per heavy atom. The molecule has 0 spiro atoms. The molecule has 0 aromatic heterocycles. The molecule has 1 heterocycles. The summed E-state index contributed by atoms with van der Waals surface area (Å²) >= 11 is 0. The van der Waals surface area contributed by atoms with Crippen LogP contribution in [0.1, 0.15) is 53.9 Å². The lowest BCUT2D eigenvalue weighted by molar-refractivity contribution is -0.139. The normalized spacial score (nSPS) is 20.0. The van der Waals surface area contributed by atoms with Gasteiger partial charge in [0.1, 0.15) is 6.04 Å². The maximum atomic E-state index is 13.4. The molecule has 3 amide bonds. The molecule has 2 N–H and O–H groups in total. The number of rotatable bonds is 9. The summed E-state index contributed by atoms with van der Waals surface area (Å²) in [5.41, 5.74) is 3.27. The summed E-state index contributed by atoms with van der Waals surface area (Å²) in [5.74, 6) is -0.379. The first-order valence-corrected chi connectivity index (χ1v) is 11.3. The van der Waals surface area contributed by atoms with E-state index in [1.54, 1.807) is 38.0 Å². The highest BCUT2D eigenvalue weighted by molar-refractivity contribution is 5.93. The molecule has 1 fully saturated rings. The number of piperidine rings is 1. The Morgan fingerprint density at radius 1 is 1.03 bits per heavy atom. The molecule has 178 valence electrons. The van der Waals surface area contributed by atoms with E-state index >= 15 is 0 Å². The van der Waals surface area contributed by atoms with Gasteiger partial charge in [-0.15, -0.1) is 0 Å². The van der Waals surface area contributed by atoms with E-state index in [0.29, 0.717) is 5.57 Å². The van der Waals surface area contributed by atoms with Gasteiger partial charge in [0.2, 0.25) is 11.8 Å². The highest BCUT2D eigenvalue weighted by atomic mass is 16.2. The second-order valence-electron chi connectivity index (χ2n) is 9.59. The third kappa shape index (κ3) is 7.92. The minimum atomic E-state index is -0.613. The Kier molecular flexibility index (Phi) is 10.7. The van der Waals surface area contributed by atoms with Crippen LogP contribution >= 0.6 is 0 Å². The molecular weight excluding hydrogens is 394 g/mol. The fraction of sp³-hybridized carbons (Fsp3) is 0.783. The maximum absolute atomic E-state index is 13.4. The third-order valence-corrected chi connectivity index (χ3v) is 5.89. The van der Waals surface area contributed by atoms with Crippen molar-refractivity contribution in [1.29, 1.82) is 0 Å². The number of amides is 3. The van der Waals surface area contributed by atoms with E-state index < -0.39 is 6.04 Å². The zero-order valence-electron chi connectivity index (χ0n) is 20.9. The number of carbonyl (C=O) groups excluding carboxylic acids is 3. The van der Waals surface area contributed by atoms with Crippen molar-refractivity contribution in [3.8, 4) is 0 Å². The van der Waals surface area contributed by atoms with Crippen LogP contribution in [0.5, 0.6) is 0 Å². The minimum Gasteiger partial charge on any atom is -0.343 e. The Hall–Kier alpha value is -1.93. The Labute approximate surface area is 188 Å². The van der Waals surface area contributed by atoms with Crippen LogP contribution in [0.15, 0.2) is 11.6 Å². The van der Waals surface area contributed by atoms with Gasteiger partial charge in [0, 0.05) is 26.7 Å². The molecule has 1 saturated heterocycles. The third-order valence-electron chi connectivity index (χ3n) is 5.89. The van der Waals surface area contributed by atoms with Crippen LogP contribution in [0, 0.1) is 11.8 Å². The summed E-state index contributed by atoms with van der Waals surface area (Å²) in [6.07, 6.45) is 4.76. The van der Waals surface area contributed by atoms with Crippen LogP contribution in [0.4, 0.5) is 0 Å². The molecule has 1 rings (SSSR count). The molecule has 0 bridgehead atoms. The van der Waals surface area contributed by atoms with Crippen molar-refractivity contribution in [3.05, 3.63) is 11.6 Å². The molecule has 0 unspecified atom stereocenters. The topological polar surface area (TPSA) is 85.0 Å². The van der Waals surface area contributed by atoms with Crippen molar-refractivity contribution < 1.29 is 14.4 Å². The van der Waals surface area contributed by atoms with Crippen LogP contribution in [0.25, 0.3) is 0 Å². The monoisotopic (exact) mass is 437 g/mol. The molecule has 31 heavy (non-hydrogen) atoms. The lowest BCUT2D eigenvalue weighted by Gasteiger charge is -2.36. The Balaban J connectivity index is 3.01. The second kappa shape index (κ2) is 12.2. The summed E-state index contributed by atoms with van der Waals surface area (Å²) in [4.78, 5) is 42.4. The summed E-state index contributed by atoms with van der Waals surface area (Å²) in [6, 6.07) is -1.07. The molecule has 1 aliphatic rings. The van der Waals surface area contributed by atoms with E-state index in [9.17, 15) is 14.4 Å². The van der Waals surface area contributed by atoms with Crippen molar-refractivity contribution in [2.45, 2.75) is 72.0 Å². The zero-order chi connectivity index (χ0) is 23.9. The summed E-state index contributed by atoms with van der Waals surface area (Å²) in [6.45, 7) is 10.6. The molecule has 0 saturated carbocycles. The first kappa shape index (κ1) is 27.1. The average Bonchev–Trinajstić information content (AvgIpc) is 2.68. The highest BCUT2D eigenvalue weighted by Gasteiger charge is 2.34. The van der Waals surface area contributed by atoms with Crippen LogP contribution in [-0.2, 0) is 14.4 Å². The van der Waals surface area contributed by atoms with Crippen LogP contribution in [-0.4, -0.2) is 85.4 Å². The van der Waals surface area contributed by atoms with E-state index in [1.807, 2.05) is 40.8 Å². The predicted octanol–water partition coefficient (Wildman–Crippen LogP) is 1.63.